The molecule has 0 radical (unpaired) electrons. The normalized spacial score (nSPS) is 11.2. The summed E-state index contributed by atoms with van der Waals surface area (Å²) in [7, 11) is 0. The first kappa shape index (κ1) is 19.6. The van der Waals surface area contributed by atoms with Crippen molar-refractivity contribution < 1.29 is 9.34 Å². The molecular formula is C23H15N5O3S. The lowest BCUT2D eigenvalue weighted by molar-refractivity contribution is -0.384. The lowest BCUT2D eigenvalue weighted by atomic mass is 10.1. The molecule has 0 saturated carbocycles. The van der Waals surface area contributed by atoms with Crippen LogP contribution < -0.4 is 5.43 Å². The summed E-state index contributed by atoms with van der Waals surface area (Å²) in [6.45, 7) is 0. The van der Waals surface area contributed by atoms with E-state index in [-0.39, 0.29) is 5.69 Å². The van der Waals surface area contributed by atoms with Crippen LogP contribution in [0.25, 0.3) is 32.7 Å². The minimum Gasteiger partial charge on any atom is -0.455 e. The Kier molecular flexibility index (Phi) is 5.14. The molecule has 0 atom stereocenters. The van der Waals surface area contributed by atoms with Gasteiger partial charge in [0.2, 0.25) is 0 Å². The number of hydrogen-bond acceptors (Lipinski definition) is 8. The average molecular weight is 441 g/mol. The molecule has 5 aromatic rings. The van der Waals surface area contributed by atoms with Crippen molar-refractivity contribution in [3.63, 3.8) is 0 Å². The third-order valence-electron chi connectivity index (χ3n) is 4.81. The van der Waals surface area contributed by atoms with Crippen LogP contribution in [0.1, 0.15) is 5.76 Å². The lowest BCUT2D eigenvalue weighted by Crippen LogP contribution is -1.95. The average Bonchev–Trinajstić information content (AvgIpc) is 3.47. The zero-order valence-corrected chi connectivity index (χ0v) is 17.3. The Morgan fingerprint density at radius 1 is 1.00 bits per heavy atom. The molecule has 156 valence electrons. The van der Waals surface area contributed by atoms with E-state index in [0.717, 1.165) is 21.3 Å². The minimum atomic E-state index is -0.432. The van der Waals surface area contributed by atoms with E-state index in [0.29, 0.717) is 22.9 Å². The summed E-state index contributed by atoms with van der Waals surface area (Å²) in [5.41, 5.74) is 5.46. The van der Waals surface area contributed by atoms with Crippen molar-refractivity contribution in [3.05, 3.63) is 94.3 Å². The van der Waals surface area contributed by atoms with Gasteiger partial charge in [-0.1, -0.05) is 42.5 Å². The Morgan fingerprint density at radius 2 is 1.81 bits per heavy atom. The first-order valence-electron chi connectivity index (χ1n) is 9.61. The summed E-state index contributed by atoms with van der Waals surface area (Å²) >= 11 is 1.54. The maximum atomic E-state index is 11.3. The van der Waals surface area contributed by atoms with Gasteiger partial charge in [0, 0.05) is 17.0 Å². The molecule has 32 heavy (non-hydrogen) atoms. The highest BCUT2D eigenvalue weighted by Gasteiger charge is 2.17. The fourth-order valence-corrected chi connectivity index (χ4v) is 4.27. The molecule has 0 aliphatic heterocycles. The summed E-state index contributed by atoms with van der Waals surface area (Å²) in [6.07, 6.45) is 2.99. The topological polar surface area (TPSA) is 106 Å². The third kappa shape index (κ3) is 3.72. The molecule has 0 fully saturated rings. The Morgan fingerprint density at radius 3 is 2.66 bits per heavy atom. The summed E-state index contributed by atoms with van der Waals surface area (Å²) in [5, 5.41) is 18.5. The van der Waals surface area contributed by atoms with E-state index in [1.54, 1.807) is 41.7 Å². The molecule has 3 aromatic heterocycles. The highest BCUT2D eigenvalue weighted by atomic mass is 32.1. The first-order chi connectivity index (χ1) is 15.7. The number of nitro benzene ring substituents is 1. The molecule has 3 heterocycles. The number of hydrazone groups is 1. The van der Waals surface area contributed by atoms with E-state index >= 15 is 0 Å². The molecule has 0 saturated heterocycles. The molecule has 5 rings (SSSR count). The standard InChI is InChI=1S/C23H15N5O3S/c29-28(30)19-9-5-4-8-17(19)20-11-10-16(31-20)12-26-27-22-21-18(15-6-2-1-3-7-15)13-32-23(21)25-14-24-22/h1-14H,(H,24,25,27)/b26-12+. The minimum absolute atomic E-state index is 0.0160. The second kappa shape index (κ2) is 8.40. The van der Waals surface area contributed by atoms with Crippen LogP contribution in [0.3, 0.4) is 0 Å². The number of furan rings is 1. The van der Waals surface area contributed by atoms with Gasteiger partial charge in [0.05, 0.1) is 22.1 Å². The number of benzene rings is 2. The molecule has 8 nitrogen and oxygen atoms in total. The molecule has 0 amide bonds. The molecule has 0 unspecified atom stereocenters. The predicted molar refractivity (Wildman–Crippen MR) is 125 cm³/mol. The number of fused-ring (bicyclic) bond motifs is 1. The van der Waals surface area contributed by atoms with E-state index in [4.69, 9.17) is 4.42 Å². The van der Waals surface area contributed by atoms with Crippen LogP contribution in [0, 0.1) is 10.1 Å². The van der Waals surface area contributed by atoms with Crippen molar-refractivity contribution in [2.45, 2.75) is 0 Å². The van der Waals surface area contributed by atoms with Gasteiger partial charge in [0.1, 0.15) is 22.7 Å². The zero-order valence-electron chi connectivity index (χ0n) is 16.5. The summed E-state index contributed by atoms with van der Waals surface area (Å²) in [5.74, 6) is 1.42. The van der Waals surface area contributed by atoms with E-state index in [1.165, 1.54) is 18.6 Å². The number of nitrogens with one attached hydrogen (secondary N) is 1. The van der Waals surface area contributed by atoms with Crippen LogP contribution >= 0.6 is 11.3 Å². The van der Waals surface area contributed by atoms with E-state index in [9.17, 15) is 10.1 Å². The van der Waals surface area contributed by atoms with Crippen LogP contribution in [0.2, 0.25) is 0 Å². The van der Waals surface area contributed by atoms with Gasteiger partial charge in [-0.15, -0.1) is 11.3 Å². The van der Waals surface area contributed by atoms with Crippen molar-refractivity contribution in [2.75, 3.05) is 5.43 Å². The Bertz CT molecular complexity index is 1440. The van der Waals surface area contributed by atoms with Crippen LogP contribution in [0.4, 0.5) is 11.5 Å². The van der Waals surface area contributed by atoms with Gasteiger partial charge in [0.15, 0.2) is 5.82 Å². The largest absolute Gasteiger partial charge is 0.455 e. The van der Waals surface area contributed by atoms with Gasteiger partial charge in [0.25, 0.3) is 5.69 Å². The van der Waals surface area contributed by atoms with Crippen molar-refractivity contribution >= 4 is 39.3 Å². The zero-order chi connectivity index (χ0) is 21.9. The number of rotatable bonds is 6. The van der Waals surface area contributed by atoms with Crippen molar-refractivity contribution in [1.29, 1.82) is 0 Å². The Labute approximate surface area is 186 Å². The number of hydrogen-bond donors (Lipinski definition) is 1. The van der Waals surface area contributed by atoms with Crippen molar-refractivity contribution in [1.82, 2.24) is 9.97 Å². The monoisotopic (exact) mass is 441 g/mol. The highest BCUT2D eigenvalue weighted by Crippen LogP contribution is 2.36. The van der Waals surface area contributed by atoms with Gasteiger partial charge >= 0.3 is 0 Å². The molecule has 0 aliphatic carbocycles. The molecule has 0 bridgehead atoms. The predicted octanol–water partition coefficient (Wildman–Crippen LogP) is 5.97. The van der Waals surface area contributed by atoms with Crippen LogP contribution in [0.15, 0.2) is 88.0 Å². The number of anilines is 1. The van der Waals surface area contributed by atoms with Gasteiger partial charge in [-0.3, -0.25) is 15.5 Å². The molecule has 2 aromatic carbocycles. The molecule has 1 N–H and O–H groups in total. The first-order valence-corrected chi connectivity index (χ1v) is 10.5. The van der Waals surface area contributed by atoms with Gasteiger partial charge in [-0.05, 0) is 23.8 Å². The second-order valence-electron chi connectivity index (χ2n) is 6.76. The SMILES string of the molecule is O=[N+]([O-])c1ccccc1-c1ccc(/C=N/Nc2ncnc3scc(-c4ccccc4)c23)o1. The lowest BCUT2D eigenvalue weighted by Gasteiger charge is -2.04. The quantitative estimate of drug-likeness (QED) is 0.198. The molecule has 9 heteroatoms. The molecule has 0 aliphatic rings. The van der Waals surface area contributed by atoms with Gasteiger partial charge < -0.3 is 4.42 Å². The fraction of sp³-hybridized carbons (Fsp3) is 0. The number of aromatic nitrogens is 2. The summed E-state index contributed by atoms with van der Waals surface area (Å²) in [4.78, 5) is 20.4. The third-order valence-corrected chi connectivity index (χ3v) is 5.70. The van der Waals surface area contributed by atoms with Crippen LogP contribution in [-0.2, 0) is 0 Å². The smallest absolute Gasteiger partial charge is 0.280 e. The number of para-hydroxylation sites is 1. The number of nitro groups is 1. The Hall–Kier alpha value is -4.37. The van der Waals surface area contributed by atoms with Gasteiger partial charge in [-0.25, -0.2) is 9.97 Å². The Balaban J connectivity index is 1.41. The molecule has 0 spiro atoms. The van der Waals surface area contributed by atoms with E-state index in [1.807, 2.05) is 30.3 Å². The molecular weight excluding hydrogens is 426 g/mol. The fourth-order valence-electron chi connectivity index (χ4n) is 3.36. The maximum Gasteiger partial charge on any atom is 0.280 e. The van der Waals surface area contributed by atoms with Crippen LogP contribution in [-0.4, -0.2) is 21.1 Å². The second-order valence-corrected chi connectivity index (χ2v) is 7.62. The van der Waals surface area contributed by atoms with E-state index < -0.39 is 4.92 Å². The number of thiophene rings is 1. The maximum absolute atomic E-state index is 11.3. The summed E-state index contributed by atoms with van der Waals surface area (Å²) in [6, 6.07) is 19.8. The number of nitrogens with zero attached hydrogens (tertiary/aromatic N) is 4. The van der Waals surface area contributed by atoms with Crippen molar-refractivity contribution in [2.24, 2.45) is 5.10 Å². The van der Waals surface area contributed by atoms with Gasteiger partial charge in [-0.2, -0.15) is 5.10 Å². The highest BCUT2D eigenvalue weighted by molar-refractivity contribution is 7.17. The van der Waals surface area contributed by atoms with Crippen LogP contribution in [0.5, 0.6) is 0 Å². The summed E-state index contributed by atoms with van der Waals surface area (Å²) < 4.78 is 5.74. The van der Waals surface area contributed by atoms with Crippen molar-refractivity contribution in [3.8, 4) is 22.5 Å². The van der Waals surface area contributed by atoms with E-state index in [2.05, 4.69) is 25.9 Å².